The highest BCUT2D eigenvalue weighted by Gasteiger charge is 2.04. The fourth-order valence-electron chi connectivity index (χ4n) is 1.40. The number of nitrogens with two attached hydrogens (primary N) is 1. The van der Waals surface area contributed by atoms with Crippen molar-refractivity contribution in [3.63, 3.8) is 0 Å². The van der Waals surface area contributed by atoms with Gasteiger partial charge in [0, 0.05) is 29.7 Å². The maximum absolute atomic E-state index is 5.83. The lowest BCUT2D eigenvalue weighted by molar-refractivity contribution is 1.27. The number of pyridine rings is 2. The number of aromatic nitrogens is 2. The third kappa shape index (κ3) is 1.44. The van der Waals surface area contributed by atoms with E-state index >= 15 is 0 Å². The Bertz CT molecular complexity index is 408. The van der Waals surface area contributed by atoms with Crippen molar-refractivity contribution in [2.45, 2.75) is 6.92 Å². The lowest BCUT2D eigenvalue weighted by Crippen LogP contribution is -1.92. The van der Waals surface area contributed by atoms with E-state index in [0.29, 0.717) is 5.69 Å². The predicted octanol–water partition coefficient (Wildman–Crippen LogP) is 2.03. The first-order chi connectivity index (χ1) is 6.79. The van der Waals surface area contributed by atoms with Crippen molar-refractivity contribution in [3.8, 4) is 11.1 Å². The monoisotopic (exact) mass is 185 g/mol. The van der Waals surface area contributed by atoms with E-state index in [1.54, 1.807) is 18.6 Å². The van der Waals surface area contributed by atoms with E-state index in [9.17, 15) is 0 Å². The minimum Gasteiger partial charge on any atom is -0.397 e. The highest BCUT2D eigenvalue weighted by molar-refractivity contribution is 5.76. The van der Waals surface area contributed by atoms with Crippen LogP contribution in [0.3, 0.4) is 0 Å². The van der Waals surface area contributed by atoms with Crippen molar-refractivity contribution in [3.05, 3.63) is 42.5 Å². The second-order valence-corrected chi connectivity index (χ2v) is 3.15. The molecule has 0 aliphatic rings. The van der Waals surface area contributed by atoms with E-state index in [-0.39, 0.29) is 0 Å². The van der Waals surface area contributed by atoms with Crippen LogP contribution in [0, 0.1) is 6.92 Å². The molecule has 2 aromatic rings. The second kappa shape index (κ2) is 3.46. The molecule has 0 amide bonds. The number of nitrogens with zero attached hydrogens (tertiary/aromatic N) is 2. The maximum Gasteiger partial charge on any atom is 0.0580 e. The van der Waals surface area contributed by atoms with E-state index < -0.39 is 0 Å². The van der Waals surface area contributed by atoms with Gasteiger partial charge in [0.2, 0.25) is 0 Å². The molecule has 3 heteroatoms. The molecule has 0 radical (unpaired) electrons. The summed E-state index contributed by atoms with van der Waals surface area (Å²) in [6.45, 7) is 2.04. The fourth-order valence-corrected chi connectivity index (χ4v) is 1.40. The lowest BCUT2D eigenvalue weighted by atomic mass is 10.0. The Morgan fingerprint density at radius 3 is 2.43 bits per heavy atom. The third-order valence-electron chi connectivity index (χ3n) is 2.18. The molecular formula is C11H11N3. The van der Waals surface area contributed by atoms with Crippen LogP contribution < -0.4 is 5.73 Å². The molecule has 0 aliphatic heterocycles. The first kappa shape index (κ1) is 8.69. The maximum atomic E-state index is 5.83. The van der Waals surface area contributed by atoms with Crippen LogP contribution in [0.1, 0.15) is 5.56 Å². The Labute approximate surface area is 82.6 Å². The average Bonchev–Trinajstić information content (AvgIpc) is 2.20. The number of nitrogen functional groups attached to an aromatic ring is 1. The Kier molecular flexibility index (Phi) is 2.14. The SMILES string of the molecule is Cc1ccncc1-c1ccncc1N. The molecule has 0 bridgehead atoms. The second-order valence-electron chi connectivity index (χ2n) is 3.15. The minimum atomic E-state index is 0.684. The summed E-state index contributed by atoms with van der Waals surface area (Å²) < 4.78 is 0. The normalized spacial score (nSPS) is 10.1. The Morgan fingerprint density at radius 2 is 1.71 bits per heavy atom. The van der Waals surface area contributed by atoms with Gasteiger partial charge in [-0.25, -0.2) is 0 Å². The van der Waals surface area contributed by atoms with Gasteiger partial charge in [0.25, 0.3) is 0 Å². The van der Waals surface area contributed by atoms with Crippen LogP contribution in [0.2, 0.25) is 0 Å². The van der Waals surface area contributed by atoms with Crippen LogP contribution >= 0.6 is 0 Å². The summed E-state index contributed by atoms with van der Waals surface area (Å²) in [6.07, 6.45) is 6.98. The van der Waals surface area contributed by atoms with Gasteiger partial charge in [-0.2, -0.15) is 0 Å². The van der Waals surface area contributed by atoms with E-state index in [2.05, 4.69) is 9.97 Å². The molecule has 0 unspecified atom stereocenters. The molecule has 70 valence electrons. The van der Waals surface area contributed by atoms with Gasteiger partial charge in [0.15, 0.2) is 0 Å². The molecule has 0 atom stereocenters. The molecule has 0 saturated carbocycles. The summed E-state index contributed by atoms with van der Waals surface area (Å²) >= 11 is 0. The molecule has 14 heavy (non-hydrogen) atoms. The van der Waals surface area contributed by atoms with Crippen molar-refractivity contribution >= 4 is 5.69 Å². The van der Waals surface area contributed by atoms with Crippen LogP contribution in [0.15, 0.2) is 36.9 Å². The number of anilines is 1. The zero-order valence-electron chi connectivity index (χ0n) is 7.94. The van der Waals surface area contributed by atoms with Gasteiger partial charge in [-0.05, 0) is 24.6 Å². The third-order valence-corrected chi connectivity index (χ3v) is 2.18. The van der Waals surface area contributed by atoms with Gasteiger partial charge in [-0.3, -0.25) is 9.97 Å². The Morgan fingerprint density at radius 1 is 1.00 bits per heavy atom. The lowest BCUT2D eigenvalue weighted by Gasteiger charge is -2.06. The summed E-state index contributed by atoms with van der Waals surface area (Å²) in [5, 5.41) is 0. The fraction of sp³-hybridized carbons (Fsp3) is 0.0909. The molecule has 3 nitrogen and oxygen atoms in total. The first-order valence-corrected chi connectivity index (χ1v) is 4.39. The van der Waals surface area contributed by atoms with Crippen LogP contribution in [0.5, 0.6) is 0 Å². The van der Waals surface area contributed by atoms with E-state index in [0.717, 1.165) is 16.7 Å². The van der Waals surface area contributed by atoms with E-state index in [1.807, 2.05) is 25.3 Å². The molecule has 0 fully saturated rings. The number of hydrogen-bond donors (Lipinski definition) is 1. The van der Waals surface area contributed by atoms with Gasteiger partial charge in [-0.1, -0.05) is 0 Å². The zero-order chi connectivity index (χ0) is 9.97. The molecular weight excluding hydrogens is 174 g/mol. The highest BCUT2D eigenvalue weighted by atomic mass is 14.7. The van der Waals surface area contributed by atoms with Gasteiger partial charge in [0.1, 0.15) is 0 Å². The molecule has 0 saturated heterocycles. The van der Waals surface area contributed by atoms with Crippen molar-refractivity contribution in [1.82, 2.24) is 9.97 Å². The summed E-state index contributed by atoms with van der Waals surface area (Å²) in [7, 11) is 0. The van der Waals surface area contributed by atoms with E-state index in [4.69, 9.17) is 5.73 Å². The molecule has 2 N–H and O–H groups in total. The van der Waals surface area contributed by atoms with Crippen molar-refractivity contribution in [1.29, 1.82) is 0 Å². The van der Waals surface area contributed by atoms with Crippen LogP contribution in [0.25, 0.3) is 11.1 Å². The summed E-state index contributed by atoms with van der Waals surface area (Å²) in [6, 6.07) is 3.87. The van der Waals surface area contributed by atoms with Gasteiger partial charge < -0.3 is 5.73 Å². The van der Waals surface area contributed by atoms with Crippen molar-refractivity contribution in [2.75, 3.05) is 5.73 Å². The molecule has 0 aromatic carbocycles. The Hall–Kier alpha value is -1.90. The summed E-state index contributed by atoms with van der Waals surface area (Å²) in [5.74, 6) is 0. The summed E-state index contributed by atoms with van der Waals surface area (Å²) in [4.78, 5) is 8.04. The first-order valence-electron chi connectivity index (χ1n) is 4.39. The van der Waals surface area contributed by atoms with Crippen molar-refractivity contribution in [2.24, 2.45) is 0 Å². The quantitative estimate of drug-likeness (QED) is 0.739. The number of rotatable bonds is 1. The smallest absolute Gasteiger partial charge is 0.0580 e. The molecule has 2 rings (SSSR count). The van der Waals surface area contributed by atoms with Gasteiger partial charge in [0.05, 0.1) is 11.9 Å². The Balaban J connectivity index is 2.61. The molecule has 0 aliphatic carbocycles. The molecule has 2 heterocycles. The van der Waals surface area contributed by atoms with Crippen LogP contribution in [-0.4, -0.2) is 9.97 Å². The molecule has 2 aromatic heterocycles. The number of aryl methyl sites for hydroxylation is 1. The minimum absolute atomic E-state index is 0.684. The average molecular weight is 185 g/mol. The van der Waals surface area contributed by atoms with Crippen LogP contribution in [0.4, 0.5) is 5.69 Å². The van der Waals surface area contributed by atoms with Gasteiger partial charge >= 0.3 is 0 Å². The number of hydrogen-bond acceptors (Lipinski definition) is 3. The zero-order valence-corrected chi connectivity index (χ0v) is 7.94. The van der Waals surface area contributed by atoms with Gasteiger partial charge in [-0.15, -0.1) is 0 Å². The highest BCUT2D eigenvalue weighted by Crippen LogP contribution is 2.26. The predicted molar refractivity (Wildman–Crippen MR) is 56.6 cm³/mol. The largest absolute Gasteiger partial charge is 0.397 e. The van der Waals surface area contributed by atoms with E-state index in [1.165, 1.54) is 0 Å². The summed E-state index contributed by atoms with van der Waals surface area (Å²) in [5.41, 5.74) is 9.73. The topological polar surface area (TPSA) is 51.8 Å². The molecule has 0 spiro atoms. The standard InChI is InChI=1S/C11H11N3/c1-8-2-4-13-6-10(8)9-3-5-14-7-11(9)12/h2-7H,12H2,1H3. The van der Waals surface area contributed by atoms with Crippen LogP contribution in [-0.2, 0) is 0 Å². The van der Waals surface area contributed by atoms with Crippen molar-refractivity contribution < 1.29 is 0 Å².